The van der Waals surface area contributed by atoms with Crippen LogP contribution in [0.5, 0.6) is 0 Å². The highest BCUT2D eigenvalue weighted by atomic mass is 19.4. The van der Waals surface area contributed by atoms with Gasteiger partial charge in [-0.2, -0.15) is 13.2 Å². The normalized spacial score (nSPS) is 13.6. The van der Waals surface area contributed by atoms with Crippen LogP contribution in [-0.2, 0) is 4.74 Å². The Morgan fingerprint density at radius 3 is 2.36 bits per heavy atom. The number of nitrogens with one attached hydrogen (secondary N) is 2. The van der Waals surface area contributed by atoms with Crippen molar-refractivity contribution in [1.29, 1.82) is 0 Å². The Bertz CT molecular complexity index is 333. The molecule has 0 aromatic carbocycles. The standard InChI is InChI=1S/C14H29F3N4O/c1-6-18-12(20-10-13(2,3)22-5)19-8-7-9-21(4)11-14(15,16)17/h6-11H2,1-5H3,(H2,18,19,20). The second-order valence-electron chi connectivity index (χ2n) is 5.79. The highest BCUT2D eigenvalue weighted by Gasteiger charge is 2.28. The van der Waals surface area contributed by atoms with Crippen molar-refractivity contribution in [1.82, 2.24) is 15.5 Å². The molecule has 5 nitrogen and oxygen atoms in total. The first-order chi connectivity index (χ1) is 10.1. The number of hydrogen-bond donors (Lipinski definition) is 2. The van der Waals surface area contributed by atoms with Gasteiger partial charge in [0.1, 0.15) is 0 Å². The predicted molar refractivity (Wildman–Crippen MR) is 83.2 cm³/mol. The van der Waals surface area contributed by atoms with E-state index in [1.807, 2.05) is 20.8 Å². The van der Waals surface area contributed by atoms with E-state index in [2.05, 4.69) is 15.6 Å². The number of halogens is 3. The summed E-state index contributed by atoms with van der Waals surface area (Å²) in [4.78, 5) is 5.67. The lowest BCUT2D eigenvalue weighted by molar-refractivity contribution is -0.143. The van der Waals surface area contributed by atoms with Crippen LogP contribution in [0.15, 0.2) is 4.99 Å². The van der Waals surface area contributed by atoms with E-state index >= 15 is 0 Å². The first-order valence-corrected chi connectivity index (χ1v) is 7.42. The molecule has 0 spiro atoms. The Morgan fingerprint density at radius 1 is 1.23 bits per heavy atom. The third-order valence-electron chi connectivity index (χ3n) is 2.97. The summed E-state index contributed by atoms with van der Waals surface area (Å²) in [5.41, 5.74) is -0.352. The van der Waals surface area contributed by atoms with Gasteiger partial charge in [0.2, 0.25) is 0 Å². The lowest BCUT2D eigenvalue weighted by atomic mass is 10.1. The molecule has 0 aromatic rings. The number of hydrogen-bond acceptors (Lipinski definition) is 3. The molecule has 0 fully saturated rings. The molecule has 0 aliphatic carbocycles. The van der Waals surface area contributed by atoms with Gasteiger partial charge in [-0.15, -0.1) is 0 Å². The van der Waals surface area contributed by atoms with Gasteiger partial charge < -0.3 is 15.4 Å². The number of ether oxygens (including phenoxy) is 1. The van der Waals surface area contributed by atoms with Gasteiger partial charge in [0.25, 0.3) is 0 Å². The van der Waals surface area contributed by atoms with E-state index in [9.17, 15) is 13.2 Å². The van der Waals surface area contributed by atoms with Crippen molar-refractivity contribution in [2.24, 2.45) is 4.99 Å². The molecular formula is C14H29F3N4O. The van der Waals surface area contributed by atoms with E-state index < -0.39 is 12.7 Å². The summed E-state index contributed by atoms with van der Waals surface area (Å²) in [6, 6.07) is 0. The van der Waals surface area contributed by atoms with E-state index in [-0.39, 0.29) is 5.60 Å². The van der Waals surface area contributed by atoms with Gasteiger partial charge in [-0.1, -0.05) is 0 Å². The van der Waals surface area contributed by atoms with Crippen LogP contribution >= 0.6 is 0 Å². The van der Waals surface area contributed by atoms with Crippen molar-refractivity contribution < 1.29 is 17.9 Å². The summed E-state index contributed by atoms with van der Waals surface area (Å²) in [7, 11) is 3.10. The molecular weight excluding hydrogens is 297 g/mol. The fraction of sp³-hybridized carbons (Fsp3) is 0.929. The highest BCUT2D eigenvalue weighted by Crippen LogP contribution is 2.15. The van der Waals surface area contributed by atoms with Crippen molar-refractivity contribution in [2.45, 2.75) is 39.0 Å². The third kappa shape index (κ3) is 11.6. The summed E-state index contributed by atoms with van der Waals surface area (Å²) in [5, 5.41) is 6.21. The first-order valence-electron chi connectivity index (χ1n) is 7.42. The van der Waals surface area contributed by atoms with Crippen molar-refractivity contribution >= 4 is 5.96 Å². The fourth-order valence-electron chi connectivity index (χ4n) is 1.62. The second kappa shape index (κ2) is 9.89. The van der Waals surface area contributed by atoms with Crippen LogP contribution < -0.4 is 10.6 Å². The molecule has 0 saturated carbocycles. The minimum absolute atomic E-state index is 0.352. The number of alkyl halides is 3. The van der Waals surface area contributed by atoms with Crippen LogP contribution in [-0.4, -0.2) is 69.5 Å². The predicted octanol–water partition coefficient (Wildman–Crippen LogP) is 1.85. The zero-order valence-corrected chi connectivity index (χ0v) is 14.2. The minimum atomic E-state index is -4.15. The van der Waals surface area contributed by atoms with E-state index in [0.29, 0.717) is 38.6 Å². The average Bonchev–Trinajstić information content (AvgIpc) is 2.39. The molecule has 0 atom stereocenters. The van der Waals surface area contributed by atoms with Gasteiger partial charge in [-0.25, -0.2) is 0 Å². The molecule has 22 heavy (non-hydrogen) atoms. The maximum atomic E-state index is 12.2. The largest absolute Gasteiger partial charge is 0.401 e. The van der Waals surface area contributed by atoms with E-state index in [1.165, 1.54) is 11.9 Å². The zero-order chi connectivity index (χ0) is 17.2. The number of aliphatic imine (C=N–C) groups is 1. The van der Waals surface area contributed by atoms with Crippen LogP contribution in [0.3, 0.4) is 0 Å². The molecule has 132 valence electrons. The summed E-state index contributed by atoms with van der Waals surface area (Å²) < 4.78 is 41.9. The van der Waals surface area contributed by atoms with Crippen LogP contribution in [0.2, 0.25) is 0 Å². The molecule has 0 aliphatic heterocycles. The third-order valence-corrected chi connectivity index (χ3v) is 2.97. The molecule has 0 radical (unpaired) electrons. The number of rotatable bonds is 9. The lowest BCUT2D eigenvalue weighted by Crippen LogP contribution is -2.40. The SMILES string of the molecule is CCNC(=NCC(C)(C)OC)NCCCN(C)CC(F)(F)F. The minimum Gasteiger partial charge on any atom is -0.377 e. The van der Waals surface area contributed by atoms with Crippen molar-refractivity contribution in [2.75, 3.05) is 46.9 Å². The van der Waals surface area contributed by atoms with Gasteiger partial charge in [0.15, 0.2) is 5.96 Å². The number of guanidine groups is 1. The van der Waals surface area contributed by atoms with Crippen molar-refractivity contribution in [3.8, 4) is 0 Å². The van der Waals surface area contributed by atoms with Crippen LogP contribution in [0.1, 0.15) is 27.2 Å². The monoisotopic (exact) mass is 326 g/mol. The number of nitrogens with zero attached hydrogens (tertiary/aromatic N) is 2. The maximum absolute atomic E-state index is 12.2. The molecule has 0 aliphatic rings. The zero-order valence-electron chi connectivity index (χ0n) is 14.2. The summed E-state index contributed by atoms with van der Waals surface area (Å²) in [6.45, 7) is 7.08. The summed E-state index contributed by atoms with van der Waals surface area (Å²) in [6.07, 6.45) is -3.55. The van der Waals surface area contributed by atoms with Crippen molar-refractivity contribution in [3.05, 3.63) is 0 Å². The molecule has 0 saturated heterocycles. The van der Waals surface area contributed by atoms with Crippen LogP contribution in [0, 0.1) is 0 Å². The molecule has 0 amide bonds. The quantitative estimate of drug-likeness (QED) is 0.386. The van der Waals surface area contributed by atoms with Gasteiger partial charge in [0.05, 0.1) is 18.7 Å². The second-order valence-corrected chi connectivity index (χ2v) is 5.79. The molecule has 8 heteroatoms. The van der Waals surface area contributed by atoms with E-state index in [4.69, 9.17) is 4.74 Å². The van der Waals surface area contributed by atoms with Gasteiger partial charge >= 0.3 is 6.18 Å². The van der Waals surface area contributed by atoms with Crippen LogP contribution in [0.25, 0.3) is 0 Å². The Labute approximate surface area is 131 Å². The maximum Gasteiger partial charge on any atom is 0.401 e. The Hall–Kier alpha value is -1.02. The molecule has 0 rings (SSSR count). The van der Waals surface area contributed by atoms with Crippen molar-refractivity contribution in [3.63, 3.8) is 0 Å². The van der Waals surface area contributed by atoms with Gasteiger partial charge in [-0.05, 0) is 40.8 Å². The van der Waals surface area contributed by atoms with E-state index in [1.54, 1.807) is 7.11 Å². The van der Waals surface area contributed by atoms with Crippen LogP contribution in [0.4, 0.5) is 13.2 Å². The molecule has 0 unspecified atom stereocenters. The molecule has 2 N–H and O–H groups in total. The highest BCUT2D eigenvalue weighted by molar-refractivity contribution is 5.79. The van der Waals surface area contributed by atoms with Gasteiger partial charge in [0, 0.05) is 20.2 Å². The van der Waals surface area contributed by atoms with E-state index in [0.717, 1.165) is 0 Å². The number of methoxy groups -OCH3 is 1. The Kier molecular flexibility index (Phi) is 9.43. The smallest absolute Gasteiger partial charge is 0.377 e. The summed E-state index contributed by atoms with van der Waals surface area (Å²) >= 11 is 0. The first kappa shape index (κ1) is 21.0. The average molecular weight is 326 g/mol. The lowest BCUT2D eigenvalue weighted by Gasteiger charge is -2.21. The topological polar surface area (TPSA) is 48.9 Å². The Morgan fingerprint density at radius 2 is 1.86 bits per heavy atom. The molecule has 0 bridgehead atoms. The molecule has 0 heterocycles. The Balaban J connectivity index is 4.13. The van der Waals surface area contributed by atoms with Gasteiger partial charge in [-0.3, -0.25) is 9.89 Å². The fourth-order valence-corrected chi connectivity index (χ4v) is 1.62. The molecule has 0 aromatic heterocycles. The summed E-state index contributed by atoms with van der Waals surface area (Å²) in [5.74, 6) is 0.645.